The lowest BCUT2D eigenvalue weighted by atomic mass is 9.57. The third-order valence-electron chi connectivity index (χ3n) is 7.35. The van der Waals surface area contributed by atoms with Gasteiger partial charge in [-0.1, -0.05) is 38.1 Å². The van der Waals surface area contributed by atoms with Crippen LogP contribution >= 0.6 is 0 Å². The van der Waals surface area contributed by atoms with Gasteiger partial charge in [0.05, 0.1) is 26.0 Å². The van der Waals surface area contributed by atoms with Crippen LogP contribution in [0.2, 0.25) is 0 Å². The number of aryl methyl sites for hydroxylation is 1. The summed E-state index contributed by atoms with van der Waals surface area (Å²) in [6, 6.07) is 15.8. The summed E-state index contributed by atoms with van der Waals surface area (Å²) in [5, 5.41) is 0. The van der Waals surface area contributed by atoms with Crippen LogP contribution in [-0.4, -0.2) is 26.3 Å². The van der Waals surface area contributed by atoms with Gasteiger partial charge < -0.3 is 14.2 Å². The highest BCUT2D eigenvalue weighted by molar-refractivity contribution is 5.89. The van der Waals surface area contributed by atoms with E-state index in [-0.39, 0.29) is 18.0 Å². The molecule has 2 aromatic rings. The molecule has 170 valence electrons. The minimum atomic E-state index is -0.231. The summed E-state index contributed by atoms with van der Waals surface area (Å²) in [4.78, 5) is 12.9. The third kappa shape index (κ3) is 4.28. The number of fused-ring (bicyclic) bond motifs is 3. The first-order chi connectivity index (χ1) is 15.6. The van der Waals surface area contributed by atoms with Crippen LogP contribution in [0.15, 0.2) is 60.4 Å². The van der Waals surface area contributed by atoms with Gasteiger partial charge >= 0.3 is 5.97 Å². The molecule has 2 aliphatic carbocycles. The van der Waals surface area contributed by atoms with Crippen molar-refractivity contribution in [2.75, 3.05) is 14.2 Å². The van der Waals surface area contributed by atoms with Crippen molar-refractivity contribution in [3.05, 3.63) is 77.1 Å². The fraction of sp³-hybridized carbons (Fsp3) is 0.464. The van der Waals surface area contributed by atoms with Crippen molar-refractivity contribution < 1.29 is 19.0 Å². The Balaban J connectivity index is 1.70. The molecule has 1 unspecified atom stereocenters. The second kappa shape index (κ2) is 9.81. The molecule has 4 heteroatoms. The maximum absolute atomic E-state index is 12.9. The smallest absolute Gasteiger partial charge is 0.338 e. The molecular weight excluding hydrogens is 400 g/mol. The van der Waals surface area contributed by atoms with E-state index in [1.807, 2.05) is 36.6 Å². The minimum Gasteiger partial charge on any atom is -0.504 e. The van der Waals surface area contributed by atoms with Gasteiger partial charge in [0.1, 0.15) is 11.9 Å². The predicted molar refractivity (Wildman–Crippen MR) is 126 cm³/mol. The van der Waals surface area contributed by atoms with Crippen molar-refractivity contribution in [1.82, 2.24) is 0 Å². The summed E-state index contributed by atoms with van der Waals surface area (Å²) in [5.74, 6) is 2.02. The van der Waals surface area contributed by atoms with Gasteiger partial charge in [-0.3, -0.25) is 0 Å². The fourth-order valence-electron chi connectivity index (χ4n) is 5.89. The molecule has 0 aromatic heterocycles. The molecule has 2 aliphatic rings. The summed E-state index contributed by atoms with van der Waals surface area (Å²) < 4.78 is 17.2. The van der Waals surface area contributed by atoms with Crippen LogP contribution in [0.1, 0.15) is 60.5 Å². The average molecular weight is 435 g/mol. The highest BCUT2D eigenvalue weighted by Gasteiger charge is 2.46. The standard InChI is InChI=1S/C28H34O4/c1-5-26(32-28(29)19-9-7-6-8-10-19)24-15-18(2)25(17-30-3)23-13-11-20-16-21(31-4)12-14-22(20)27(23)24/h6-10,12,14,16-18,23-24,26-27H,5,11,13,15H2,1-4H3/b25-17+/t18-,23-,24+,26?,27+/m1/s1. The zero-order valence-electron chi connectivity index (χ0n) is 19.5. The number of esters is 1. The molecule has 0 spiro atoms. The quantitative estimate of drug-likeness (QED) is 0.403. The first-order valence-corrected chi connectivity index (χ1v) is 11.7. The lowest BCUT2D eigenvalue weighted by Crippen LogP contribution is -2.42. The van der Waals surface area contributed by atoms with Crippen molar-refractivity contribution in [3.8, 4) is 5.75 Å². The van der Waals surface area contributed by atoms with Crippen LogP contribution in [-0.2, 0) is 15.9 Å². The molecule has 4 rings (SSSR count). The molecule has 0 aliphatic heterocycles. The number of ether oxygens (including phenoxy) is 3. The SMILES string of the molecule is CCC(OC(=O)c1ccccc1)[C@@H]1C[C@@H](C)/C(=C\OC)[C@H]2CCc3cc(OC)ccc3[C@@H]21. The number of carbonyl (C=O) groups is 1. The minimum absolute atomic E-state index is 0.130. The van der Waals surface area contributed by atoms with Crippen molar-refractivity contribution in [1.29, 1.82) is 0 Å². The van der Waals surface area contributed by atoms with Crippen LogP contribution in [0.4, 0.5) is 0 Å². The first kappa shape index (κ1) is 22.4. The zero-order chi connectivity index (χ0) is 22.7. The first-order valence-electron chi connectivity index (χ1n) is 11.7. The second-order valence-electron chi connectivity index (χ2n) is 9.11. The Labute approximate surface area is 191 Å². The van der Waals surface area contributed by atoms with E-state index in [0.29, 0.717) is 23.3 Å². The molecule has 0 heterocycles. The highest BCUT2D eigenvalue weighted by atomic mass is 16.5. The molecule has 0 saturated heterocycles. The molecule has 0 N–H and O–H groups in total. The number of methoxy groups -OCH3 is 2. The van der Waals surface area contributed by atoms with Gasteiger partial charge in [0, 0.05) is 5.92 Å². The molecule has 5 atom stereocenters. The Kier molecular flexibility index (Phi) is 6.88. The maximum Gasteiger partial charge on any atom is 0.338 e. The lowest BCUT2D eigenvalue weighted by Gasteiger charge is -2.48. The van der Waals surface area contributed by atoms with Crippen LogP contribution in [0.3, 0.4) is 0 Å². The zero-order valence-corrected chi connectivity index (χ0v) is 19.5. The van der Waals surface area contributed by atoms with E-state index in [1.165, 1.54) is 16.7 Å². The van der Waals surface area contributed by atoms with Crippen molar-refractivity contribution in [2.24, 2.45) is 17.8 Å². The van der Waals surface area contributed by atoms with Crippen LogP contribution in [0, 0.1) is 17.8 Å². The van der Waals surface area contributed by atoms with E-state index in [9.17, 15) is 4.79 Å². The molecule has 0 bridgehead atoms. The largest absolute Gasteiger partial charge is 0.504 e. The number of benzene rings is 2. The van der Waals surface area contributed by atoms with E-state index >= 15 is 0 Å². The van der Waals surface area contributed by atoms with Gasteiger partial charge in [-0.05, 0) is 84.4 Å². The fourth-order valence-corrected chi connectivity index (χ4v) is 5.89. The third-order valence-corrected chi connectivity index (χ3v) is 7.35. The van der Waals surface area contributed by atoms with Gasteiger partial charge in [0.2, 0.25) is 0 Å². The van der Waals surface area contributed by atoms with E-state index < -0.39 is 0 Å². The summed E-state index contributed by atoms with van der Waals surface area (Å²) >= 11 is 0. The van der Waals surface area contributed by atoms with Crippen molar-refractivity contribution >= 4 is 5.97 Å². The number of hydrogen-bond donors (Lipinski definition) is 0. The Hall–Kier alpha value is -2.75. The molecule has 0 amide bonds. The Morgan fingerprint density at radius 2 is 1.94 bits per heavy atom. The van der Waals surface area contributed by atoms with E-state index in [4.69, 9.17) is 14.2 Å². The van der Waals surface area contributed by atoms with Gasteiger partial charge in [0.25, 0.3) is 0 Å². The highest BCUT2D eigenvalue weighted by Crippen LogP contribution is 2.54. The topological polar surface area (TPSA) is 44.8 Å². The Bertz CT molecular complexity index is 965. The molecule has 1 saturated carbocycles. The number of carbonyl (C=O) groups excluding carboxylic acids is 1. The molecule has 2 aromatic carbocycles. The molecule has 0 radical (unpaired) electrons. The second-order valence-corrected chi connectivity index (χ2v) is 9.11. The van der Waals surface area contributed by atoms with Crippen LogP contribution in [0.25, 0.3) is 0 Å². The van der Waals surface area contributed by atoms with Gasteiger partial charge in [0.15, 0.2) is 0 Å². The molecule has 4 nitrogen and oxygen atoms in total. The van der Waals surface area contributed by atoms with E-state index in [1.54, 1.807) is 14.2 Å². The average Bonchev–Trinajstić information content (AvgIpc) is 2.83. The van der Waals surface area contributed by atoms with Crippen molar-refractivity contribution in [2.45, 2.75) is 51.6 Å². The Morgan fingerprint density at radius 3 is 2.62 bits per heavy atom. The molecule has 32 heavy (non-hydrogen) atoms. The number of allylic oxidation sites excluding steroid dienone is 1. The van der Waals surface area contributed by atoms with Crippen molar-refractivity contribution in [3.63, 3.8) is 0 Å². The number of hydrogen-bond acceptors (Lipinski definition) is 4. The van der Waals surface area contributed by atoms with Crippen LogP contribution < -0.4 is 4.74 Å². The van der Waals surface area contributed by atoms with Crippen LogP contribution in [0.5, 0.6) is 5.75 Å². The summed E-state index contributed by atoms with van der Waals surface area (Å²) in [5.41, 5.74) is 4.72. The predicted octanol–water partition coefficient (Wildman–Crippen LogP) is 6.16. The molecular formula is C28H34O4. The summed E-state index contributed by atoms with van der Waals surface area (Å²) in [6.07, 6.45) is 5.70. The normalized spacial score (nSPS) is 26.6. The van der Waals surface area contributed by atoms with Gasteiger partial charge in [-0.15, -0.1) is 0 Å². The number of rotatable bonds is 6. The monoisotopic (exact) mass is 434 g/mol. The summed E-state index contributed by atoms with van der Waals surface area (Å²) in [7, 11) is 3.45. The van der Waals surface area contributed by atoms with E-state index in [2.05, 4.69) is 32.0 Å². The lowest BCUT2D eigenvalue weighted by molar-refractivity contribution is -0.00580. The van der Waals surface area contributed by atoms with E-state index in [0.717, 1.165) is 31.4 Å². The summed E-state index contributed by atoms with van der Waals surface area (Å²) in [6.45, 7) is 4.41. The van der Waals surface area contributed by atoms with Gasteiger partial charge in [-0.25, -0.2) is 4.79 Å². The maximum atomic E-state index is 12.9. The van der Waals surface area contributed by atoms with Gasteiger partial charge in [-0.2, -0.15) is 0 Å². The molecule has 1 fully saturated rings. The Morgan fingerprint density at radius 1 is 1.16 bits per heavy atom.